The predicted octanol–water partition coefficient (Wildman–Crippen LogP) is 2.02. The fraction of sp³-hybridized carbons (Fsp3) is 0.0833. The van der Waals surface area contributed by atoms with E-state index in [0.29, 0.717) is 17.1 Å². The summed E-state index contributed by atoms with van der Waals surface area (Å²) in [4.78, 5) is 11.1. The molecule has 82 valence electrons. The van der Waals surface area contributed by atoms with Crippen LogP contribution in [0.2, 0.25) is 0 Å². The summed E-state index contributed by atoms with van der Waals surface area (Å²) in [6.07, 6.45) is 1.32. The highest BCUT2D eigenvalue weighted by Gasteiger charge is 2.06. The van der Waals surface area contributed by atoms with E-state index in [9.17, 15) is 9.90 Å². The number of hydrogen-bond acceptors (Lipinski definition) is 4. The Morgan fingerprint density at radius 2 is 2.06 bits per heavy atom. The maximum absolute atomic E-state index is 11.1. The molecular formula is C12H10O4. The number of phenols is 1. The van der Waals surface area contributed by atoms with Crippen LogP contribution in [0.3, 0.4) is 0 Å². The van der Waals surface area contributed by atoms with Crippen molar-refractivity contribution in [3.8, 4) is 22.8 Å². The van der Waals surface area contributed by atoms with Gasteiger partial charge in [0.2, 0.25) is 0 Å². The van der Waals surface area contributed by atoms with Gasteiger partial charge in [0, 0.05) is 17.7 Å². The van der Waals surface area contributed by atoms with Crippen molar-refractivity contribution in [3.63, 3.8) is 0 Å². The third kappa shape index (κ3) is 1.91. The van der Waals surface area contributed by atoms with Crippen molar-refractivity contribution in [3.05, 3.63) is 46.8 Å². The average molecular weight is 218 g/mol. The molecule has 0 amide bonds. The van der Waals surface area contributed by atoms with Crippen LogP contribution >= 0.6 is 0 Å². The minimum absolute atomic E-state index is 0.00602. The van der Waals surface area contributed by atoms with Crippen LogP contribution in [0.1, 0.15) is 0 Å². The van der Waals surface area contributed by atoms with Crippen LogP contribution in [0.15, 0.2) is 45.8 Å². The van der Waals surface area contributed by atoms with Gasteiger partial charge >= 0.3 is 0 Å². The lowest BCUT2D eigenvalue weighted by Crippen LogP contribution is -1.95. The summed E-state index contributed by atoms with van der Waals surface area (Å²) in [7, 11) is 1.47. The van der Waals surface area contributed by atoms with E-state index in [1.54, 1.807) is 12.1 Å². The zero-order valence-corrected chi connectivity index (χ0v) is 8.64. The van der Waals surface area contributed by atoms with Crippen molar-refractivity contribution in [2.24, 2.45) is 0 Å². The largest absolute Gasteiger partial charge is 0.504 e. The fourth-order valence-corrected chi connectivity index (χ4v) is 1.38. The molecule has 1 aromatic heterocycles. The molecule has 0 radical (unpaired) electrons. The van der Waals surface area contributed by atoms with Crippen molar-refractivity contribution in [2.75, 3.05) is 7.11 Å². The standard InChI is InChI=1S/C12H10O4/c1-15-11-3-2-8(6-10(11)14)12-7-9(13)4-5-16-12/h2-7,14H,1H3. The third-order valence-corrected chi connectivity index (χ3v) is 2.16. The van der Waals surface area contributed by atoms with Gasteiger partial charge in [-0.2, -0.15) is 0 Å². The minimum atomic E-state index is -0.142. The van der Waals surface area contributed by atoms with Gasteiger partial charge in [-0.25, -0.2) is 0 Å². The predicted molar refractivity (Wildman–Crippen MR) is 58.6 cm³/mol. The summed E-state index contributed by atoms with van der Waals surface area (Å²) in [5.41, 5.74) is 0.479. The van der Waals surface area contributed by atoms with Gasteiger partial charge in [-0.05, 0) is 18.2 Å². The Morgan fingerprint density at radius 1 is 1.25 bits per heavy atom. The van der Waals surface area contributed by atoms with Gasteiger partial charge in [-0.1, -0.05) is 0 Å². The molecule has 1 heterocycles. The van der Waals surface area contributed by atoms with Crippen molar-refractivity contribution in [2.45, 2.75) is 0 Å². The molecule has 0 aliphatic carbocycles. The smallest absolute Gasteiger partial charge is 0.185 e. The van der Waals surface area contributed by atoms with Crippen LogP contribution in [0.5, 0.6) is 11.5 Å². The quantitative estimate of drug-likeness (QED) is 0.837. The zero-order valence-electron chi connectivity index (χ0n) is 8.64. The maximum Gasteiger partial charge on any atom is 0.185 e. The second kappa shape index (κ2) is 4.10. The van der Waals surface area contributed by atoms with Crippen LogP contribution in [0.25, 0.3) is 11.3 Å². The van der Waals surface area contributed by atoms with Gasteiger partial charge in [0.1, 0.15) is 5.76 Å². The Bertz CT molecular complexity index is 557. The molecule has 1 N–H and O–H groups in total. The molecule has 1 aromatic carbocycles. The number of rotatable bonds is 2. The lowest BCUT2D eigenvalue weighted by Gasteiger charge is -2.05. The Morgan fingerprint density at radius 3 is 2.69 bits per heavy atom. The van der Waals surface area contributed by atoms with E-state index in [1.807, 2.05) is 0 Å². The lowest BCUT2D eigenvalue weighted by molar-refractivity contribution is 0.373. The first kappa shape index (κ1) is 10.3. The molecule has 0 bridgehead atoms. The highest BCUT2D eigenvalue weighted by Crippen LogP contribution is 2.30. The van der Waals surface area contributed by atoms with Gasteiger partial charge in [-0.15, -0.1) is 0 Å². The number of ether oxygens (including phenoxy) is 1. The van der Waals surface area contributed by atoms with E-state index in [2.05, 4.69) is 0 Å². The van der Waals surface area contributed by atoms with Crippen molar-refractivity contribution < 1.29 is 14.3 Å². The van der Waals surface area contributed by atoms with Gasteiger partial charge < -0.3 is 14.3 Å². The molecule has 0 saturated carbocycles. The molecule has 0 aliphatic heterocycles. The minimum Gasteiger partial charge on any atom is -0.504 e. The lowest BCUT2D eigenvalue weighted by atomic mass is 10.1. The van der Waals surface area contributed by atoms with Crippen LogP contribution in [0.4, 0.5) is 0 Å². The molecule has 0 fully saturated rings. The highest BCUT2D eigenvalue weighted by molar-refractivity contribution is 5.61. The summed E-state index contributed by atoms with van der Waals surface area (Å²) in [5.74, 6) is 0.791. The van der Waals surface area contributed by atoms with Crippen LogP contribution in [-0.2, 0) is 0 Å². The molecule has 0 aliphatic rings. The molecule has 0 unspecified atom stereocenters. The molecule has 0 saturated heterocycles. The molecular weight excluding hydrogens is 208 g/mol. The summed E-state index contributed by atoms with van der Waals surface area (Å²) in [6.45, 7) is 0. The Balaban J connectivity index is 2.49. The second-order valence-electron chi connectivity index (χ2n) is 3.22. The first-order valence-corrected chi connectivity index (χ1v) is 4.67. The van der Waals surface area contributed by atoms with E-state index in [1.165, 1.54) is 31.6 Å². The molecule has 4 heteroatoms. The van der Waals surface area contributed by atoms with E-state index in [-0.39, 0.29) is 11.2 Å². The summed E-state index contributed by atoms with van der Waals surface area (Å²) in [5, 5.41) is 9.58. The summed E-state index contributed by atoms with van der Waals surface area (Å²) < 4.78 is 10.1. The van der Waals surface area contributed by atoms with Crippen molar-refractivity contribution in [1.29, 1.82) is 0 Å². The molecule has 2 aromatic rings. The van der Waals surface area contributed by atoms with Gasteiger partial charge in [0.25, 0.3) is 0 Å². The first-order chi connectivity index (χ1) is 7.70. The maximum atomic E-state index is 11.1. The monoisotopic (exact) mass is 218 g/mol. The number of hydrogen-bond donors (Lipinski definition) is 1. The van der Waals surface area contributed by atoms with Crippen LogP contribution in [-0.4, -0.2) is 12.2 Å². The molecule has 0 spiro atoms. The second-order valence-corrected chi connectivity index (χ2v) is 3.22. The normalized spacial score (nSPS) is 10.1. The highest BCUT2D eigenvalue weighted by atomic mass is 16.5. The van der Waals surface area contributed by atoms with Gasteiger partial charge in [0.05, 0.1) is 13.4 Å². The van der Waals surface area contributed by atoms with E-state index in [4.69, 9.17) is 9.15 Å². The van der Waals surface area contributed by atoms with Crippen LogP contribution in [0, 0.1) is 0 Å². The van der Waals surface area contributed by atoms with Gasteiger partial charge in [-0.3, -0.25) is 4.79 Å². The van der Waals surface area contributed by atoms with E-state index >= 15 is 0 Å². The average Bonchev–Trinajstić information content (AvgIpc) is 2.29. The summed E-state index contributed by atoms with van der Waals surface area (Å²) in [6, 6.07) is 7.49. The van der Waals surface area contributed by atoms with Crippen molar-refractivity contribution >= 4 is 0 Å². The molecule has 4 nitrogen and oxygen atoms in total. The van der Waals surface area contributed by atoms with E-state index < -0.39 is 0 Å². The molecule has 2 rings (SSSR count). The van der Waals surface area contributed by atoms with Crippen LogP contribution < -0.4 is 10.2 Å². The number of benzene rings is 1. The fourth-order valence-electron chi connectivity index (χ4n) is 1.38. The SMILES string of the molecule is COc1ccc(-c2cc(=O)cco2)cc1O. The van der Waals surface area contributed by atoms with E-state index in [0.717, 1.165) is 0 Å². The first-order valence-electron chi connectivity index (χ1n) is 4.67. The Labute approximate surface area is 91.7 Å². The Kier molecular flexibility index (Phi) is 2.64. The third-order valence-electron chi connectivity index (χ3n) is 2.16. The number of methoxy groups -OCH3 is 1. The van der Waals surface area contributed by atoms with Gasteiger partial charge in [0.15, 0.2) is 16.9 Å². The number of phenolic OH excluding ortho intramolecular Hbond substituents is 1. The topological polar surface area (TPSA) is 59.7 Å². The molecule has 16 heavy (non-hydrogen) atoms. The molecule has 0 atom stereocenters. The van der Waals surface area contributed by atoms with Crippen molar-refractivity contribution in [1.82, 2.24) is 0 Å². The summed E-state index contributed by atoms with van der Waals surface area (Å²) >= 11 is 0. The Hall–Kier alpha value is -2.23. The number of aromatic hydroxyl groups is 1. The zero-order chi connectivity index (χ0) is 11.5.